The Hall–Kier alpha value is -2.94. The third-order valence-corrected chi connectivity index (χ3v) is 5.63. The van der Waals surface area contributed by atoms with E-state index in [1.807, 2.05) is 24.3 Å². The quantitative estimate of drug-likeness (QED) is 0.687. The number of carbonyl (C=O) groups excluding carboxylic acids is 2. The number of aromatic nitrogens is 2. The second-order valence-corrected chi connectivity index (χ2v) is 7.41. The summed E-state index contributed by atoms with van der Waals surface area (Å²) in [6.07, 6.45) is 0.681. The molecule has 0 atom stereocenters. The SMILES string of the molecule is Cc1noc(C)c1C(=O)N1CCCN1C(=O)Cn1c(=O)sc2ccccc21. The molecule has 0 saturated carbocycles. The van der Waals surface area contributed by atoms with Crippen molar-refractivity contribution < 1.29 is 14.1 Å². The summed E-state index contributed by atoms with van der Waals surface area (Å²) in [7, 11) is 0. The highest BCUT2D eigenvalue weighted by molar-refractivity contribution is 7.16. The van der Waals surface area contributed by atoms with Gasteiger partial charge in [-0.2, -0.15) is 0 Å². The van der Waals surface area contributed by atoms with Crippen LogP contribution in [0.1, 0.15) is 28.2 Å². The Balaban J connectivity index is 1.60. The number of carbonyl (C=O) groups is 2. The number of amides is 2. The van der Waals surface area contributed by atoms with Crippen molar-refractivity contribution in [2.75, 3.05) is 13.1 Å². The Kier molecular flexibility index (Phi) is 4.31. The zero-order valence-corrected chi connectivity index (χ0v) is 15.8. The first kappa shape index (κ1) is 17.5. The molecule has 0 N–H and O–H groups in total. The number of aryl methyl sites for hydroxylation is 2. The van der Waals surface area contributed by atoms with Crippen LogP contribution in [0.15, 0.2) is 33.6 Å². The minimum Gasteiger partial charge on any atom is -0.361 e. The molecule has 0 spiro atoms. The maximum Gasteiger partial charge on any atom is 0.308 e. The van der Waals surface area contributed by atoms with Crippen molar-refractivity contribution in [3.63, 3.8) is 0 Å². The monoisotopic (exact) mass is 386 g/mol. The largest absolute Gasteiger partial charge is 0.361 e. The molecule has 2 aromatic heterocycles. The molecule has 140 valence electrons. The number of fused-ring (bicyclic) bond motifs is 1. The molecule has 8 nitrogen and oxygen atoms in total. The van der Waals surface area contributed by atoms with Gasteiger partial charge in [-0.25, -0.2) is 10.0 Å². The summed E-state index contributed by atoms with van der Waals surface area (Å²) in [5.41, 5.74) is 1.60. The molecule has 9 heteroatoms. The van der Waals surface area contributed by atoms with Gasteiger partial charge in [0.15, 0.2) is 0 Å². The molecule has 4 rings (SSSR count). The van der Waals surface area contributed by atoms with Crippen LogP contribution in [0.5, 0.6) is 0 Å². The van der Waals surface area contributed by atoms with Gasteiger partial charge >= 0.3 is 4.87 Å². The molecule has 1 aliphatic rings. The third kappa shape index (κ3) is 2.93. The molecular formula is C18H18N4O4S. The molecule has 0 aliphatic carbocycles. The summed E-state index contributed by atoms with van der Waals surface area (Å²) in [6, 6.07) is 7.36. The third-order valence-electron chi connectivity index (χ3n) is 4.67. The molecule has 1 fully saturated rings. The molecule has 1 aromatic carbocycles. The summed E-state index contributed by atoms with van der Waals surface area (Å²) in [5, 5.41) is 6.66. The highest BCUT2D eigenvalue weighted by atomic mass is 32.1. The van der Waals surface area contributed by atoms with Crippen molar-refractivity contribution in [1.29, 1.82) is 0 Å². The van der Waals surface area contributed by atoms with Crippen LogP contribution in [-0.2, 0) is 11.3 Å². The summed E-state index contributed by atoms with van der Waals surface area (Å²) in [4.78, 5) is 37.9. The number of benzene rings is 1. The number of rotatable bonds is 3. The first-order valence-corrected chi connectivity index (χ1v) is 9.42. The maximum absolute atomic E-state index is 12.9. The summed E-state index contributed by atoms with van der Waals surface area (Å²) < 4.78 is 7.37. The number of hydrogen-bond acceptors (Lipinski definition) is 6. The fourth-order valence-corrected chi connectivity index (χ4v) is 4.27. The lowest BCUT2D eigenvalue weighted by Crippen LogP contribution is -2.46. The van der Waals surface area contributed by atoms with E-state index in [-0.39, 0.29) is 23.2 Å². The predicted octanol–water partition coefficient (Wildman–Crippen LogP) is 1.96. The van der Waals surface area contributed by atoms with Gasteiger partial charge in [0.1, 0.15) is 17.9 Å². The Morgan fingerprint density at radius 2 is 1.93 bits per heavy atom. The zero-order chi connectivity index (χ0) is 19.1. The molecular weight excluding hydrogens is 368 g/mol. The van der Waals surface area contributed by atoms with E-state index in [9.17, 15) is 14.4 Å². The highest BCUT2D eigenvalue weighted by Crippen LogP contribution is 2.21. The standard InChI is InChI=1S/C18H18N4O4S/c1-11-16(12(2)26-19-11)17(24)22-9-5-8-21(22)15(23)10-20-13-6-3-4-7-14(13)27-18(20)25/h3-4,6-7H,5,8-10H2,1-2H3. The normalized spacial score (nSPS) is 14.3. The number of thiazole rings is 1. The molecule has 0 bridgehead atoms. The van der Waals surface area contributed by atoms with E-state index in [1.165, 1.54) is 14.6 Å². The van der Waals surface area contributed by atoms with Crippen LogP contribution in [0.25, 0.3) is 10.2 Å². The van der Waals surface area contributed by atoms with Crippen LogP contribution < -0.4 is 4.87 Å². The number of hydrogen-bond donors (Lipinski definition) is 0. The van der Waals surface area contributed by atoms with Gasteiger partial charge in [0.05, 0.1) is 15.9 Å². The van der Waals surface area contributed by atoms with Gasteiger partial charge in [-0.05, 0) is 32.4 Å². The Bertz CT molecular complexity index is 1080. The van der Waals surface area contributed by atoms with Crippen LogP contribution in [0.4, 0.5) is 0 Å². The highest BCUT2D eigenvalue weighted by Gasteiger charge is 2.34. The summed E-state index contributed by atoms with van der Waals surface area (Å²) in [6.45, 7) is 4.14. The van der Waals surface area contributed by atoms with Crippen molar-refractivity contribution in [2.24, 2.45) is 0 Å². The van der Waals surface area contributed by atoms with E-state index >= 15 is 0 Å². The van der Waals surface area contributed by atoms with Crippen molar-refractivity contribution in [1.82, 2.24) is 19.7 Å². The zero-order valence-electron chi connectivity index (χ0n) is 15.0. The topological polar surface area (TPSA) is 88.7 Å². The Labute approximate surface area is 158 Å². The summed E-state index contributed by atoms with van der Waals surface area (Å²) in [5.74, 6) is -0.172. The van der Waals surface area contributed by atoms with Gasteiger partial charge < -0.3 is 4.52 Å². The smallest absolute Gasteiger partial charge is 0.308 e. The molecule has 27 heavy (non-hydrogen) atoms. The van der Waals surface area contributed by atoms with Gasteiger partial charge in [0.25, 0.3) is 11.8 Å². The van der Waals surface area contributed by atoms with E-state index in [2.05, 4.69) is 5.16 Å². The van der Waals surface area contributed by atoms with E-state index in [0.717, 1.165) is 21.6 Å². The average molecular weight is 386 g/mol. The molecule has 3 heterocycles. The van der Waals surface area contributed by atoms with Gasteiger partial charge in [0.2, 0.25) is 0 Å². The van der Waals surface area contributed by atoms with Crippen LogP contribution >= 0.6 is 11.3 Å². The maximum atomic E-state index is 12.9. The molecule has 1 aliphatic heterocycles. The number of hydrazine groups is 1. The lowest BCUT2D eigenvalue weighted by Gasteiger charge is -2.28. The molecule has 0 unspecified atom stereocenters. The minimum atomic E-state index is -0.306. The number of para-hydroxylation sites is 1. The van der Waals surface area contributed by atoms with Crippen LogP contribution in [0, 0.1) is 13.8 Å². The lowest BCUT2D eigenvalue weighted by molar-refractivity contribution is -0.141. The van der Waals surface area contributed by atoms with E-state index in [4.69, 9.17) is 4.52 Å². The second-order valence-electron chi connectivity index (χ2n) is 6.42. The van der Waals surface area contributed by atoms with Crippen LogP contribution in [0.2, 0.25) is 0 Å². The second kappa shape index (κ2) is 6.66. The first-order chi connectivity index (χ1) is 13.0. The Morgan fingerprint density at radius 1 is 1.19 bits per heavy atom. The Morgan fingerprint density at radius 3 is 2.67 bits per heavy atom. The van der Waals surface area contributed by atoms with Crippen molar-refractivity contribution in [2.45, 2.75) is 26.8 Å². The van der Waals surface area contributed by atoms with Crippen LogP contribution in [-0.4, -0.2) is 44.6 Å². The number of nitrogens with zero attached hydrogens (tertiary/aromatic N) is 4. The van der Waals surface area contributed by atoms with E-state index in [1.54, 1.807) is 13.8 Å². The first-order valence-electron chi connectivity index (χ1n) is 8.60. The molecule has 3 aromatic rings. The van der Waals surface area contributed by atoms with Crippen molar-refractivity contribution in [3.05, 3.63) is 51.0 Å². The van der Waals surface area contributed by atoms with Gasteiger partial charge in [-0.3, -0.25) is 19.0 Å². The average Bonchev–Trinajstić information content (AvgIpc) is 3.33. The van der Waals surface area contributed by atoms with Crippen molar-refractivity contribution >= 4 is 33.4 Å². The van der Waals surface area contributed by atoms with Crippen molar-refractivity contribution in [3.8, 4) is 0 Å². The minimum absolute atomic E-state index is 0.103. The fourth-order valence-electron chi connectivity index (χ4n) is 3.38. The molecule has 1 saturated heterocycles. The molecule has 2 amide bonds. The lowest BCUT2D eigenvalue weighted by atomic mass is 10.2. The van der Waals surface area contributed by atoms with Gasteiger partial charge in [-0.15, -0.1) is 0 Å². The molecule has 0 radical (unpaired) electrons. The van der Waals surface area contributed by atoms with Gasteiger partial charge in [0, 0.05) is 13.1 Å². The fraction of sp³-hybridized carbons (Fsp3) is 0.333. The van der Waals surface area contributed by atoms with E-state index < -0.39 is 0 Å². The summed E-state index contributed by atoms with van der Waals surface area (Å²) >= 11 is 1.11. The predicted molar refractivity (Wildman–Crippen MR) is 99.4 cm³/mol. The van der Waals surface area contributed by atoms with E-state index in [0.29, 0.717) is 36.5 Å². The van der Waals surface area contributed by atoms with Gasteiger partial charge in [-0.1, -0.05) is 28.6 Å². The van der Waals surface area contributed by atoms with Crippen LogP contribution in [0.3, 0.4) is 0 Å².